The molecule has 0 bridgehead atoms. The molecule has 0 saturated carbocycles. The van der Waals surface area contributed by atoms with E-state index in [0.29, 0.717) is 11.4 Å². The number of rotatable bonds is 4. The zero-order valence-electron chi connectivity index (χ0n) is 11.7. The van der Waals surface area contributed by atoms with Crippen LogP contribution in [0, 0.1) is 6.92 Å². The topological polar surface area (TPSA) is 82.6 Å². The van der Waals surface area contributed by atoms with Crippen LogP contribution in [-0.2, 0) is 10.0 Å². The molecule has 0 aliphatic rings. The Hall–Kier alpha value is -2.41. The van der Waals surface area contributed by atoms with Crippen LogP contribution in [0.2, 0.25) is 0 Å². The summed E-state index contributed by atoms with van der Waals surface area (Å²) in [5.74, 6) is 0. The number of nitrogens with one attached hydrogen (secondary N) is 1. The van der Waals surface area contributed by atoms with Crippen LogP contribution in [0.5, 0.6) is 0 Å². The molecule has 110 valence electrons. The maximum atomic E-state index is 12.1. The van der Waals surface area contributed by atoms with Crippen LogP contribution in [0.4, 0.5) is 0 Å². The molecule has 2 N–H and O–H groups in total. The molecule has 0 spiro atoms. The first kappa shape index (κ1) is 15.0. The fourth-order valence-corrected chi connectivity index (χ4v) is 2.53. The third-order valence-corrected chi connectivity index (χ3v) is 4.10. The lowest BCUT2D eigenvalue weighted by Crippen LogP contribution is -2.37. The Labute approximate surface area is 123 Å². The van der Waals surface area contributed by atoms with Gasteiger partial charge in [-0.05, 0) is 32.0 Å². The number of sulfonamides is 1. The standard InChI is InChI=1S/C14H15N3O3S/c1-11-6-8-13(9-7-11)21(19,20)16-15-12(2)14-5-3-4-10-17(14)18/h3-10,18H,1-2H3/p+1. The number of benzene rings is 1. The number of hydrogen-bond donors (Lipinski definition) is 2. The largest absolute Gasteiger partial charge is 0.284 e. The molecule has 0 radical (unpaired) electrons. The fraction of sp³-hybridized carbons (Fsp3) is 0.143. The second-order valence-corrected chi connectivity index (χ2v) is 6.20. The Kier molecular flexibility index (Phi) is 4.23. The minimum atomic E-state index is -3.72. The maximum Gasteiger partial charge on any atom is 0.280 e. The Balaban J connectivity index is 2.23. The van der Waals surface area contributed by atoms with Gasteiger partial charge in [-0.25, -0.2) is 0 Å². The molecule has 6 nitrogen and oxygen atoms in total. The molecule has 1 heterocycles. The van der Waals surface area contributed by atoms with E-state index in [2.05, 4.69) is 9.93 Å². The summed E-state index contributed by atoms with van der Waals surface area (Å²) in [7, 11) is -3.72. The van der Waals surface area contributed by atoms with Crippen molar-refractivity contribution in [2.45, 2.75) is 18.7 Å². The number of aryl methyl sites for hydroxylation is 1. The molecule has 0 fully saturated rings. The van der Waals surface area contributed by atoms with Crippen LogP contribution in [0.15, 0.2) is 58.7 Å². The van der Waals surface area contributed by atoms with Crippen molar-refractivity contribution in [3.63, 3.8) is 0 Å². The SMILES string of the molecule is C/C(=N\NS(=O)(=O)c1ccc(C)cc1)c1cccc[n+]1O. The molecule has 7 heteroatoms. The predicted molar refractivity (Wildman–Crippen MR) is 77.5 cm³/mol. The van der Waals surface area contributed by atoms with Crippen molar-refractivity contribution in [2.75, 3.05) is 0 Å². The third kappa shape index (κ3) is 3.57. The van der Waals surface area contributed by atoms with Crippen LogP contribution in [-0.4, -0.2) is 19.3 Å². The molecule has 0 aliphatic heterocycles. The maximum absolute atomic E-state index is 12.1. The van der Waals surface area contributed by atoms with Crippen molar-refractivity contribution in [1.29, 1.82) is 0 Å². The highest BCUT2D eigenvalue weighted by Gasteiger charge is 2.15. The van der Waals surface area contributed by atoms with Crippen LogP contribution in [0.1, 0.15) is 18.2 Å². The van der Waals surface area contributed by atoms with E-state index in [1.165, 1.54) is 18.3 Å². The van der Waals surface area contributed by atoms with Gasteiger partial charge in [0, 0.05) is 16.9 Å². The smallest absolute Gasteiger partial charge is 0.280 e. The van der Waals surface area contributed by atoms with Gasteiger partial charge in [-0.15, -0.1) is 0 Å². The summed E-state index contributed by atoms with van der Waals surface area (Å²) in [6.45, 7) is 3.47. The summed E-state index contributed by atoms with van der Waals surface area (Å²) in [5, 5.41) is 13.4. The number of pyridine rings is 1. The van der Waals surface area contributed by atoms with E-state index < -0.39 is 10.0 Å². The normalized spacial score (nSPS) is 12.2. The average molecular weight is 306 g/mol. The zero-order valence-corrected chi connectivity index (χ0v) is 12.5. The quantitative estimate of drug-likeness (QED) is 0.386. The zero-order chi connectivity index (χ0) is 15.5. The van der Waals surface area contributed by atoms with Gasteiger partial charge in [0.2, 0.25) is 6.20 Å². The second kappa shape index (κ2) is 5.92. The minimum Gasteiger partial charge on any atom is -0.284 e. The molecular weight excluding hydrogens is 290 g/mol. The van der Waals surface area contributed by atoms with Crippen molar-refractivity contribution in [3.8, 4) is 0 Å². The molecule has 0 unspecified atom stereocenters. The molecule has 0 aliphatic carbocycles. The van der Waals surface area contributed by atoms with Crippen LogP contribution < -0.4 is 9.56 Å². The molecule has 21 heavy (non-hydrogen) atoms. The predicted octanol–water partition coefficient (Wildman–Crippen LogP) is 1.22. The van der Waals surface area contributed by atoms with Gasteiger partial charge in [0.15, 0.2) is 0 Å². The summed E-state index contributed by atoms with van der Waals surface area (Å²) < 4.78 is 25.0. The van der Waals surface area contributed by atoms with E-state index in [1.807, 2.05) is 6.92 Å². The van der Waals surface area contributed by atoms with E-state index in [4.69, 9.17) is 0 Å². The Morgan fingerprint density at radius 1 is 1.19 bits per heavy atom. The van der Waals surface area contributed by atoms with E-state index in [-0.39, 0.29) is 4.90 Å². The Morgan fingerprint density at radius 2 is 1.86 bits per heavy atom. The first-order valence-corrected chi connectivity index (χ1v) is 7.71. The molecule has 2 aromatic rings. The van der Waals surface area contributed by atoms with Crippen molar-refractivity contribution < 1.29 is 18.4 Å². The van der Waals surface area contributed by atoms with Gasteiger partial charge in [-0.1, -0.05) is 17.7 Å². The van der Waals surface area contributed by atoms with Gasteiger partial charge in [0.05, 0.1) is 4.90 Å². The lowest BCUT2D eigenvalue weighted by molar-refractivity contribution is -0.905. The summed E-state index contributed by atoms with van der Waals surface area (Å²) in [5.41, 5.74) is 1.71. The number of aromatic nitrogens is 1. The molecule has 0 atom stereocenters. The number of hydrazone groups is 1. The monoisotopic (exact) mass is 306 g/mol. The molecule has 2 rings (SSSR count). The van der Waals surface area contributed by atoms with Crippen molar-refractivity contribution >= 4 is 15.7 Å². The fourth-order valence-electron chi connectivity index (χ4n) is 1.68. The van der Waals surface area contributed by atoms with E-state index in [9.17, 15) is 13.6 Å². The third-order valence-electron chi connectivity index (χ3n) is 2.87. The van der Waals surface area contributed by atoms with Gasteiger partial charge < -0.3 is 0 Å². The average Bonchev–Trinajstić information content (AvgIpc) is 2.46. The Morgan fingerprint density at radius 3 is 2.48 bits per heavy atom. The van der Waals surface area contributed by atoms with Gasteiger partial charge in [0.25, 0.3) is 15.7 Å². The van der Waals surface area contributed by atoms with Crippen molar-refractivity contribution in [3.05, 3.63) is 59.9 Å². The molecule has 1 aromatic carbocycles. The highest BCUT2D eigenvalue weighted by atomic mass is 32.2. The summed E-state index contributed by atoms with van der Waals surface area (Å²) in [4.78, 5) is 2.29. The van der Waals surface area contributed by atoms with E-state index in [0.717, 1.165) is 10.3 Å². The summed E-state index contributed by atoms with van der Waals surface area (Å²) >= 11 is 0. The first-order valence-electron chi connectivity index (χ1n) is 6.23. The molecule has 0 amide bonds. The molecule has 1 aromatic heterocycles. The van der Waals surface area contributed by atoms with Gasteiger partial charge in [0.1, 0.15) is 5.71 Å². The van der Waals surface area contributed by atoms with Gasteiger partial charge >= 0.3 is 0 Å². The van der Waals surface area contributed by atoms with Crippen molar-refractivity contribution in [1.82, 2.24) is 4.83 Å². The Bertz CT molecular complexity index is 768. The molecule has 0 saturated heterocycles. The lowest BCUT2D eigenvalue weighted by atomic mass is 10.2. The number of hydrogen-bond acceptors (Lipinski definition) is 4. The highest BCUT2D eigenvalue weighted by Crippen LogP contribution is 2.09. The van der Waals surface area contributed by atoms with E-state index in [1.54, 1.807) is 37.3 Å². The molecular formula is C14H16N3O3S+. The van der Waals surface area contributed by atoms with Crippen LogP contribution in [0.3, 0.4) is 0 Å². The summed E-state index contributed by atoms with van der Waals surface area (Å²) in [6.07, 6.45) is 1.43. The second-order valence-electron chi connectivity index (χ2n) is 4.54. The van der Waals surface area contributed by atoms with Crippen molar-refractivity contribution in [2.24, 2.45) is 5.10 Å². The lowest BCUT2D eigenvalue weighted by Gasteiger charge is -2.04. The van der Waals surface area contributed by atoms with E-state index >= 15 is 0 Å². The highest BCUT2D eigenvalue weighted by molar-refractivity contribution is 7.89. The van der Waals surface area contributed by atoms with Crippen LogP contribution >= 0.6 is 0 Å². The minimum absolute atomic E-state index is 0.134. The van der Waals surface area contributed by atoms with Crippen LogP contribution in [0.25, 0.3) is 0 Å². The van der Waals surface area contributed by atoms with Gasteiger partial charge in [-0.2, -0.15) is 18.4 Å². The summed E-state index contributed by atoms with van der Waals surface area (Å²) in [6, 6.07) is 11.4. The first-order chi connectivity index (χ1) is 9.90. The number of nitrogens with zero attached hydrogens (tertiary/aromatic N) is 2. The van der Waals surface area contributed by atoms with Gasteiger partial charge in [-0.3, -0.25) is 5.21 Å².